The lowest BCUT2D eigenvalue weighted by Gasteiger charge is -2.30. The zero-order valence-corrected chi connectivity index (χ0v) is 16.9. The van der Waals surface area contributed by atoms with Crippen LogP contribution in [-0.4, -0.2) is 41.4 Å². The fraction of sp³-hybridized carbons (Fsp3) is 0.722. The van der Waals surface area contributed by atoms with Crippen molar-refractivity contribution in [1.29, 1.82) is 0 Å². The summed E-state index contributed by atoms with van der Waals surface area (Å²) in [4.78, 5) is 28.7. The quantitative estimate of drug-likeness (QED) is 0.776. The first kappa shape index (κ1) is 20.5. The molecule has 1 aliphatic carbocycles. The lowest BCUT2D eigenvalue weighted by atomic mass is 9.93. The van der Waals surface area contributed by atoms with E-state index in [0.717, 1.165) is 24.3 Å². The van der Waals surface area contributed by atoms with E-state index in [0.29, 0.717) is 23.8 Å². The number of aromatic nitrogens is 1. The summed E-state index contributed by atoms with van der Waals surface area (Å²) in [5, 5.41) is 3.66. The summed E-state index contributed by atoms with van der Waals surface area (Å²) in [5.74, 6) is -0.0822. The predicted octanol–water partition coefficient (Wildman–Crippen LogP) is 3.84. The van der Waals surface area contributed by atoms with Gasteiger partial charge in [0.25, 0.3) is 0 Å². The van der Waals surface area contributed by atoms with E-state index in [1.54, 1.807) is 6.92 Å². The molecule has 0 aromatic carbocycles. The van der Waals surface area contributed by atoms with Crippen molar-refractivity contribution in [3.8, 4) is 5.88 Å². The van der Waals surface area contributed by atoms with E-state index in [1.807, 2.05) is 27.7 Å². The van der Waals surface area contributed by atoms with Crippen LogP contribution in [-0.2, 0) is 9.47 Å². The number of carbonyl (C=O) groups is 2. The Bertz CT molecular complexity index is 638. The summed E-state index contributed by atoms with van der Waals surface area (Å²) in [7, 11) is 0. The molecule has 1 heterocycles. The molecule has 1 amide bonds. The SMILES string of the molecule is CCOC(=O)c1sc(C)nc1O[C@H]1CCC[C@@H](NC(=O)OC(C)(C)C)C1. The lowest BCUT2D eigenvalue weighted by Crippen LogP contribution is -2.43. The number of aryl methyl sites for hydroxylation is 1. The number of nitrogens with zero attached hydrogens (tertiary/aromatic N) is 1. The molecule has 2 atom stereocenters. The Kier molecular flexibility index (Phi) is 6.86. The number of amides is 1. The van der Waals surface area contributed by atoms with E-state index in [4.69, 9.17) is 14.2 Å². The Morgan fingerprint density at radius 1 is 1.31 bits per heavy atom. The number of hydrogen-bond acceptors (Lipinski definition) is 7. The molecular weight excluding hydrogens is 356 g/mol. The second-order valence-corrected chi connectivity index (χ2v) is 8.54. The van der Waals surface area contributed by atoms with Crippen LogP contribution in [0.4, 0.5) is 4.79 Å². The van der Waals surface area contributed by atoms with Crippen LogP contribution in [0.2, 0.25) is 0 Å². The third-order valence-electron chi connectivity index (χ3n) is 3.79. The molecule has 1 N–H and O–H groups in total. The van der Waals surface area contributed by atoms with Crippen molar-refractivity contribution in [2.75, 3.05) is 6.61 Å². The first-order chi connectivity index (χ1) is 12.2. The Morgan fingerprint density at radius 3 is 2.69 bits per heavy atom. The molecule has 0 spiro atoms. The zero-order valence-electron chi connectivity index (χ0n) is 16.1. The Balaban J connectivity index is 1.96. The smallest absolute Gasteiger partial charge is 0.407 e. The predicted molar refractivity (Wildman–Crippen MR) is 98.8 cm³/mol. The van der Waals surface area contributed by atoms with Gasteiger partial charge in [0.2, 0.25) is 5.88 Å². The molecule has 8 heteroatoms. The van der Waals surface area contributed by atoms with E-state index in [2.05, 4.69) is 10.3 Å². The number of hydrogen-bond donors (Lipinski definition) is 1. The van der Waals surface area contributed by atoms with Gasteiger partial charge in [0.05, 0.1) is 11.6 Å². The molecule has 1 aliphatic rings. The Hall–Kier alpha value is -1.83. The molecule has 26 heavy (non-hydrogen) atoms. The standard InChI is InChI=1S/C18H28N2O5S/c1-6-23-16(21)14-15(19-11(2)26-14)24-13-9-7-8-12(10-13)20-17(22)25-18(3,4)5/h12-13H,6-10H2,1-5H3,(H,20,22)/t12-,13+/m1/s1. The van der Waals surface area contributed by atoms with Crippen LogP contribution < -0.4 is 10.1 Å². The van der Waals surface area contributed by atoms with Crippen molar-refractivity contribution in [1.82, 2.24) is 10.3 Å². The largest absolute Gasteiger partial charge is 0.473 e. The third kappa shape index (κ3) is 6.16. The first-order valence-electron chi connectivity index (χ1n) is 8.98. The average molecular weight is 384 g/mol. The van der Waals surface area contributed by atoms with Crippen molar-refractivity contribution < 1.29 is 23.8 Å². The van der Waals surface area contributed by atoms with Crippen molar-refractivity contribution in [2.45, 2.75) is 78.0 Å². The maximum Gasteiger partial charge on any atom is 0.407 e. The van der Waals surface area contributed by atoms with Crippen molar-refractivity contribution >= 4 is 23.4 Å². The fourth-order valence-electron chi connectivity index (χ4n) is 2.83. The van der Waals surface area contributed by atoms with Gasteiger partial charge in [0.1, 0.15) is 11.7 Å². The van der Waals surface area contributed by atoms with Gasteiger partial charge < -0.3 is 19.5 Å². The van der Waals surface area contributed by atoms with Gasteiger partial charge in [-0.1, -0.05) is 0 Å². The van der Waals surface area contributed by atoms with E-state index >= 15 is 0 Å². The van der Waals surface area contributed by atoms with E-state index in [1.165, 1.54) is 11.3 Å². The summed E-state index contributed by atoms with van der Waals surface area (Å²) < 4.78 is 16.4. The normalized spacial score (nSPS) is 20.3. The highest BCUT2D eigenvalue weighted by Gasteiger charge is 2.29. The van der Waals surface area contributed by atoms with Gasteiger partial charge in [-0.15, -0.1) is 11.3 Å². The molecule has 0 aliphatic heterocycles. The highest BCUT2D eigenvalue weighted by molar-refractivity contribution is 7.13. The molecule has 0 bridgehead atoms. The topological polar surface area (TPSA) is 86.8 Å². The second kappa shape index (κ2) is 8.70. The van der Waals surface area contributed by atoms with Crippen molar-refractivity contribution in [2.24, 2.45) is 0 Å². The summed E-state index contributed by atoms with van der Waals surface area (Å²) in [6.07, 6.45) is 2.77. The number of ether oxygens (including phenoxy) is 3. The lowest BCUT2D eigenvalue weighted by molar-refractivity contribution is 0.0460. The highest BCUT2D eigenvalue weighted by atomic mass is 32.1. The van der Waals surface area contributed by atoms with E-state index < -0.39 is 17.7 Å². The molecule has 1 saturated carbocycles. The van der Waals surface area contributed by atoms with Crippen molar-refractivity contribution in [3.63, 3.8) is 0 Å². The van der Waals surface area contributed by atoms with Crippen LogP contribution >= 0.6 is 11.3 Å². The zero-order chi connectivity index (χ0) is 19.3. The highest BCUT2D eigenvalue weighted by Crippen LogP contribution is 2.30. The molecule has 146 valence electrons. The van der Waals surface area contributed by atoms with Crippen molar-refractivity contribution in [3.05, 3.63) is 9.88 Å². The molecule has 0 saturated heterocycles. The second-order valence-electron chi connectivity index (χ2n) is 7.34. The minimum Gasteiger partial charge on any atom is -0.473 e. The molecule has 0 unspecified atom stereocenters. The summed E-state index contributed by atoms with van der Waals surface area (Å²) in [5.41, 5.74) is -0.526. The third-order valence-corrected chi connectivity index (χ3v) is 4.72. The Labute approximate surface area is 158 Å². The molecule has 1 fully saturated rings. The summed E-state index contributed by atoms with van der Waals surface area (Å²) in [6.45, 7) is 9.40. The molecule has 1 aromatic rings. The van der Waals surface area contributed by atoms with Crippen LogP contribution in [0.5, 0.6) is 5.88 Å². The van der Waals surface area contributed by atoms with Gasteiger partial charge in [-0.2, -0.15) is 0 Å². The number of thiazole rings is 1. The minimum absolute atomic E-state index is 0.0191. The van der Waals surface area contributed by atoms with Crippen LogP contribution in [0, 0.1) is 6.92 Å². The molecule has 2 rings (SSSR count). The van der Waals surface area contributed by atoms with Crippen LogP contribution in [0.1, 0.15) is 68.1 Å². The fourth-order valence-corrected chi connectivity index (χ4v) is 3.58. The Morgan fingerprint density at radius 2 is 2.04 bits per heavy atom. The van der Waals surface area contributed by atoms with Crippen LogP contribution in [0.15, 0.2) is 0 Å². The number of rotatable bonds is 5. The monoisotopic (exact) mass is 384 g/mol. The van der Waals surface area contributed by atoms with Gasteiger partial charge in [-0.05, 0) is 53.9 Å². The number of alkyl carbamates (subject to hydrolysis) is 1. The van der Waals surface area contributed by atoms with Crippen LogP contribution in [0.25, 0.3) is 0 Å². The average Bonchev–Trinajstić information content (AvgIpc) is 2.86. The maximum absolute atomic E-state index is 12.1. The molecular formula is C18H28N2O5S. The van der Waals surface area contributed by atoms with Gasteiger partial charge in [0, 0.05) is 12.5 Å². The number of nitrogens with one attached hydrogen (secondary N) is 1. The van der Waals surface area contributed by atoms with Gasteiger partial charge in [-0.3, -0.25) is 0 Å². The summed E-state index contributed by atoms with van der Waals surface area (Å²) >= 11 is 1.27. The maximum atomic E-state index is 12.1. The summed E-state index contributed by atoms with van der Waals surface area (Å²) in [6, 6.07) is -0.0191. The minimum atomic E-state index is -0.526. The van der Waals surface area contributed by atoms with Crippen LogP contribution in [0.3, 0.4) is 0 Å². The molecule has 0 radical (unpaired) electrons. The first-order valence-corrected chi connectivity index (χ1v) is 9.80. The number of carbonyl (C=O) groups excluding carboxylic acids is 2. The van der Waals surface area contributed by atoms with E-state index in [-0.39, 0.29) is 12.1 Å². The molecule has 7 nitrogen and oxygen atoms in total. The molecule has 1 aromatic heterocycles. The van der Waals surface area contributed by atoms with Gasteiger partial charge >= 0.3 is 12.1 Å². The van der Waals surface area contributed by atoms with E-state index in [9.17, 15) is 9.59 Å². The number of esters is 1. The van der Waals surface area contributed by atoms with Gasteiger partial charge in [0.15, 0.2) is 4.88 Å². The van der Waals surface area contributed by atoms with Gasteiger partial charge in [-0.25, -0.2) is 14.6 Å².